The molecule has 0 saturated carbocycles. The van der Waals surface area contributed by atoms with E-state index in [1.807, 2.05) is 12.1 Å². The lowest BCUT2D eigenvalue weighted by Gasteiger charge is -2.32. The van der Waals surface area contributed by atoms with E-state index in [0.29, 0.717) is 18.1 Å². The lowest BCUT2D eigenvalue weighted by atomic mass is 9.88. The summed E-state index contributed by atoms with van der Waals surface area (Å²) < 4.78 is 5.63. The summed E-state index contributed by atoms with van der Waals surface area (Å²) >= 11 is 1.35. The lowest BCUT2D eigenvalue weighted by molar-refractivity contribution is -0.122. The molecule has 2 unspecified atom stereocenters. The van der Waals surface area contributed by atoms with E-state index >= 15 is 0 Å². The van der Waals surface area contributed by atoms with Crippen LogP contribution >= 0.6 is 11.8 Å². The number of benzene rings is 1. The average molecular weight is 458 g/mol. The van der Waals surface area contributed by atoms with E-state index in [9.17, 15) is 9.59 Å². The number of piperidine rings is 1. The Bertz CT molecular complexity index is 815. The van der Waals surface area contributed by atoms with Crippen molar-refractivity contribution in [1.29, 1.82) is 0 Å². The van der Waals surface area contributed by atoms with Crippen LogP contribution in [-0.2, 0) is 20.7 Å². The maximum atomic E-state index is 12.8. The van der Waals surface area contributed by atoms with Gasteiger partial charge in [0.2, 0.25) is 5.12 Å². The molecule has 1 saturated heterocycles. The summed E-state index contributed by atoms with van der Waals surface area (Å²) in [6.45, 7) is 8.64. The highest BCUT2D eigenvalue weighted by Crippen LogP contribution is 2.47. The lowest BCUT2D eigenvalue weighted by Crippen LogP contribution is -2.32. The van der Waals surface area contributed by atoms with E-state index in [-0.39, 0.29) is 22.3 Å². The van der Waals surface area contributed by atoms with Crippen molar-refractivity contribution in [3.63, 3.8) is 0 Å². The molecule has 1 fully saturated rings. The molecule has 1 aromatic rings. The van der Waals surface area contributed by atoms with Gasteiger partial charge in [-0.25, -0.2) is 0 Å². The van der Waals surface area contributed by atoms with Gasteiger partial charge in [0.1, 0.15) is 12.4 Å². The highest BCUT2D eigenvalue weighted by atomic mass is 32.2. The van der Waals surface area contributed by atoms with E-state index < -0.39 is 0 Å². The number of hydrogen-bond acceptors (Lipinski definition) is 5. The standard InChI is InChI=1S/C27H39NO3S/c1-4-5-6-8-13-21(2)27(3)25(19-26(30)32-27)31-20-23(29)18-22-14-9-10-15-24(22)28-16-11-7-12-17-28/h9-10,14-15,19,21H,4-8,11-13,16-18,20H2,1-3H3. The Labute approximate surface area is 198 Å². The molecule has 3 rings (SSSR count). The number of anilines is 1. The molecule has 2 aliphatic rings. The van der Waals surface area contributed by atoms with Gasteiger partial charge in [0, 0.05) is 31.3 Å². The highest BCUT2D eigenvalue weighted by Gasteiger charge is 2.44. The van der Waals surface area contributed by atoms with Crippen LogP contribution in [0.25, 0.3) is 0 Å². The summed E-state index contributed by atoms with van der Waals surface area (Å²) in [7, 11) is 0. The van der Waals surface area contributed by atoms with Crippen molar-refractivity contribution < 1.29 is 14.3 Å². The zero-order chi connectivity index (χ0) is 23.0. The van der Waals surface area contributed by atoms with Crippen LogP contribution in [0, 0.1) is 5.92 Å². The predicted octanol–water partition coefficient (Wildman–Crippen LogP) is 6.33. The van der Waals surface area contributed by atoms with Crippen molar-refractivity contribution in [2.24, 2.45) is 5.92 Å². The zero-order valence-corrected chi connectivity index (χ0v) is 20.8. The van der Waals surface area contributed by atoms with Crippen molar-refractivity contribution in [2.75, 3.05) is 24.6 Å². The van der Waals surface area contributed by atoms with Gasteiger partial charge < -0.3 is 9.64 Å². The van der Waals surface area contributed by atoms with Gasteiger partial charge in [0.25, 0.3) is 0 Å². The molecule has 4 nitrogen and oxygen atoms in total. The number of ether oxygens (including phenoxy) is 1. The smallest absolute Gasteiger partial charge is 0.216 e. The van der Waals surface area contributed by atoms with Crippen molar-refractivity contribution in [3.05, 3.63) is 41.7 Å². The first kappa shape index (κ1) is 24.9. The van der Waals surface area contributed by atoms with E-state index in [0.717, 1.165) is 25.1 Å². The molecule has 0 bridgehead atoms. The third-order valence-electron chi connectivity index (χ3n) is 6.95. The third-order valence-corrected chi connectivity index (χ3v) is 8.29. The molecular weight excluding hydrogens is 418 g/mol. The molecule has 0 aliphatic carbocycles. The zero-order valence-electron chi connectivity index (χ0n) is 20.0. The van der Waals surface area contributed by atoms with Crippen LogP contribution in [0.2, 0.25) is 0 Å². The quantitative estimate of drug-likeness (QED) is 0.343. The minimum atomic E-state index is -0.380. The highest BCUT2D eigenvalue weighted by molar-refractivity contribution is 8.15. The number of carbonyl (C=O) groups is 2. The van der Waals surface area contributed by atoms with Gasteiger partial charge in [-0.15, -0.1) is 0 Å². The molecule has 0 radical (unpaired) electrons. The topological polar surface area (TPSA) is 46.6 Å². The van der Waals surface area contributed by atoms with Gasteiger partial charge in [0.05, 0.1) is 4.75 Å². The first-order chi connectivity index (χ1) is 15.4. The number of thioether (sulfide) groups is 1. The largest absolute Gasteiger partial charge is 0.489 e. The van der Waals surface area contributed by atoms with Crippen LogP contribution in [0.3, 0.4) is 0 Å². The fourth-order valence-electron chi connectivity index (χ4n) is 4.75. The van der Waals surface area contributed by atoms with Crippen molar-refractivity contribution in [3.8, 4) is 0 Å². The van der Waals surface area contributed by atoms with Crippen molar-refractivity contribution >= 4 is 28.3 Å². The molecule has 2 heterocycles. The van der Waals surface area contributed by atoms with Gasteiger partial charge in [0.15, 0.2) is 5.78 Å². The number of nitrogens with zero attached hydrogens (tertiary/aromatic N) is 1. The fourth-order valence-corrected chi connectivity index (χ4v) is 5.87. The Hall–Kier alpha value is -1.75. The fraction of sp³-hybridized carbons (Fsp3) is 0.630. The SMILES string of the molecule is CCCCCCC(C)C1(C)SC(=O)C=C1OCC(=O)Cc1ccccc1N1CCCCC1. The first-order valence-corrected chi connectivity index (χ1v) is 13.2. The van der Waals surface area contributed by atoms with E-state index in [1.165, 1.54) is 62.4 Å². The van der Waals surface area contributed by atoms with Crippen LogP contribution < -0.4 is 4.90 Å². The molecule has 0 N–H and O–H groups in total. The normalized spacial score (nSPS) is 22.0. The Morgan fingerprint density at radius 2 is 1.91 bits per heavy atom. The van der Waals surface area contributed by atoms with Crippen LogP contribution in [0.5, 0.6) is 0 Å². The molecule has 176 valence electrons. The molecule has 5 heteroatoms. The first-order valence-electron chi connectivity index (χ1n) is 12.4. The minimum Gasteiger partial charge on any atom is -0.489 e. The second-order valence-corrected chi connectivity index (χ2v) is 10.9. The van der Waals surface area contributed by atoms with Crippen LogP contribution in [-0.4, -0.2) is 35.3 Å². The van der Waals surface area contributed by atoms with E-state index in [2.05, 4.69) is 37.8 Å². The number of para-hydroxylation sites is 1. The second kappa shape index (κ2) is 11.9. The molecule has 0 amide bonds. The van der Waals surface area contributed by atoms with Crippen LogP contribution in [0.15, 0.2) is 36.1 Å². The van der Waals surface area contributed by atoms with E-state index in [4.69, 9.17) is 4.74 Å². The van der Waals surface area contributed by atoms with Gasteiger partial charge in [-0.1, -0.05) is 69.5 Å². The summed E-state index contributed by atoms with van der Waals surface area (Å²) in [5.74, 6) is 1.04. The molecule has 32 heavy (non-hydrogen) atoms. The number of carbonyl (C=O) groups excluding carboxylic acids is 2. The molecule has 0 aromatic heterocycles. The van der Waals surface area contributed by atoms with Crippen molar-refractivity contribution in [1.82, 2.24) is 0 Å². The number of unbranched alkanes of at least 4 members (excludes halogenated alkanes) is 3. The summed E-state index contributed by atoms with van der Waals surface area (Å²) in [5, 5.41) is 0.0331. The Morgan fingerprint density at radius 1 is 1.16 bits per heavy atom. The van der Waals surface area contributed by atoms with E-state index in [1.54, 1.807) is 6.08 Å². The molecule has 2 atom stereocenters. The number of rotatable bonds is 12. The monoisotopic (exact) mass is 457 g/mol. The average Bonchev–Trinajstić information content (AvgIpc) is 3.10. The molecule has 0 spiro atoms. The Balaban J connectivity index is 1.58. The maximum Gasteiger partial charge on any atom is 0.216 e. The molecular formula is C27H39NO3S. The number of Topliss-reactive ketones (excluding diaryl/α,β-unsaturated/α-hetero) is 1. The third kappa shape index (κ3) is 6.40. The summed E-state index contributed by atoms with van der Waals surface area (Å²) in [6.07, 6.45) is 11.6. The second-order valence-electron chi connectivity index (χ2n) is 9.47. The Morgan fingerprint density at radius 3 is 2.66 bits per heavy atom. The van der Waals surface area contributed by atoms with Crippen LogP contribution in [0.1, 0.15) is 77.7 Å². The number of ketones is 1. The van der Waals surface area contributed by atoms with Gasteiger partial charge >= 0.3 is 0 Å². The number of hydrogen-bond donors (Lipinski definition) is 0. The molecule has 2 aliphatic heterocycles. The summed E-state index contributed by atoms with van der Waals surface area (Å²) in [4.78, 5) is 27.5. The van der Waals surface area contributed by atoms with Gasteiger partial charge in [-0.2, -0.15) is 0 Å². The summed E-state index contributed by atoms with van der Waals surface area (Å²) in [5.41, 5.74) is 2.25. The van der Waals surface area contributed by atoms with Crippen molar-refractivity contribution in [2.45, 2.75) is 83.3 Å². The van der Waals surface area contributed by atoms with Crippen LogP contribution in [0.4, 0.5) is 5.69 Å². The minimum absolute atomic E-state index is 0.0200. The van der Waals surface area contributed by atoms with Gasteiger partial charge in [-0.3, -0.25) is 9.59 Å². The van der Waals surface area contributed by atoms with Gasteiger partial charge in [-0.05, 0) is 50.2 Å². The Kier molecular flexibility index (Phi) is 9.27. The molecule has 1 aromatic carbocycles. The maximum absolute atomic E-state index is 12.8. The summed E-state index contributed by atoms with van der Waals surface area (Å²) in [6, 6.07) is 8.23. The predicted molar refractivity (Wildman–Crippen MR) is 134 cm³/mol.